The van der Waals surface area contributed by atoms with E-state index in [-0.39, 0.29) is 18.2 Å². The Morgan fingerprint density at radius 1 is 0.857 bits per heavy atom. The Kier molecular flexibility index (Phi) is 5.75. The summed E-state index contributed by atoms with van der Waals surface area (Å²) in [6.45, 7) is 4.02. The van der Waals surface area contributed by atoms with E-state index in [0.29, 0.717) is 16.9 Å². The van der Waals surface area contributed by atoms with Crippen LogP contribution in [0.2, 0.25) is 0 Å². The number of amides is 2. The summed E-state index contributed by atoms with van der Waals surface area (Å²) < 4.78 is 0. The van der Waals surface area contributed by atoms with Crippen molar-refractivity contribution < 1.29 is 9.59 Å². The summed E-state index contributed by atoms with van der Waals surface area (Å²) in [5, 5.41) is 5.72. The molecule has 0 aliphatic rings. The smallest absolute Gasteiger partial charge is 0.257 e. The van der Waals surface area contributed by atoms with E-state index in [2.05, 4.69) is 10.6 Å². The minimum atomic E-state index is -0.272. The van der Waals surface area contributed by atoms with E-state index >= 15 is 0 Å². The molecule has 2 amide bonds. The zero-order valence-corrected chi connectivity index (χ0v) is 16.0. The number of hydrogen-bond donors (Lipinski definition) is 3. The number of benzene rings is 3. The van der Waals surface area contributed by atoms with Gasteiger partial charge in [-0.1, -0.05) is 30.3 Å². The van der Waals surface area contributed by atoms with E-state index in [9.17, 15) is 9.59 Å². The molecule has 0 radical (unpaired) electrons. The number of aryl methyl sites for hydroxylation is 2. The zero-order chi connectivity index (χ0) is 20.1. The number of para-hydroxylation sites is 1. The second-order valence-electron chi connectivity index (χ2n) is 6.77. The second-order valence-corrected chi connectivity index (χ2v) is 6.77. The molecule has 0 aliphatic heterocycles. The number of hydrogen-bond acceptors (Lipinski definition) is 3. The van der Waals surface area contributed by atoms with Crippen molar-refractivity contribution in [3.05, 3.63) is 89.0 Å². The van der Waals surface area contributed by atoms with Gasteiger partial charge in [0.15, 0.2) is 0 Å². The van der Waals surface area contributed by atoms with Gasteiger partial charge in [0.1, 0.15) is 0 Å². The molecule has 3 rings (SSSR count). The van der Waals surface area contributed by atoms with Crippen molar-refractivity contribution >= 4 is 28.9 Å². The van der Waals surface area contributed by atoms with Crippen LogP contribution in [0.1, 0.15) is 27.0 Å². The van der Waals surface area contributed by atoms with Crippen LogP contribution in [0.3, 0.4) is 0 Å². The fraction of sp³-hybridized carbons (Fsp3) is 0.130. The molecule has 4 N–H and O–H groups in total. The van der Waals surface area contributed by atoms with Crippen LogP contribution in [-0.4, -0.2) is 11.8 Å². The van der Waals surface area contributed by atoms with Crippen molar-refractivity contribution in [2.45, 2.75) is 20.3 Å². The molecule has 0 unspecified atom stereocenters. The fourth-order valence-corrected chi connectivity index (χ4v) is 2.82. The van der Waals surface area contributed by atoms with Crippen molar-refractivity contribution in [2.24, 2.45) is 0 Å². The Bertz CT molecular complexity index is 1010. The van der Waals surface area contributed by atoms with E-state index in [1.54, 1.807) is 36.4 Å². The van der Waals surface area contributed by atoms with Crippen LogP contribution >= 0.6 is 0 Å². The standard InChI is InChI=1S/C23H23N3O2/c1-15-7-12-19(13-16(15)2)25-23(28)20-5-3-4-6-21(20)26-22(27)14-17-8-10-18(24)11-9-17/h3-13H,14,24H2,1-2H3,(H,25,28)(H,26,27). The Hall–Kier alpha value is -3.60. The summed E-state index contributed by atoms with van der Waals surface area (Å²) in [6.07, 6.45) is 0.202. The minimum Gasteiger partial charge on any atom is -0.399 e. The first-order valence-corrected chi connectivity index (χ1v) is 9.04. The third kappa shape index (κ3) is 4.76. The first-order valence-electron chi connectivity index (χ1n) is 9.04. The Labute approximate surface area is 164 Å². The highest BCUT2D eigenvalue weighted by atomic mass is 16.2. The normalized spacial score (nSPS) is 10.4. The van der Waals surface area contributed by atoms with E-state index in [1.165, 1.54) is 0 Å². The van der Waals surface area contributed by atoms with E-state index in [1.807, 2.05) is 44.2 Å². The number of anilines is 3. The topological polar surface area (TPSA) is 84.2 Å². The highest BCUT2D eigenvalue weighted by molar-refractivity contribution is 6.10. The molecule has 5 heteroatoms. The second kappa shape index (κ2) is 8.39. The first-order chi connectivity index (χ1) is 13.4. The molecule has 3 aromatic rings. The van der Waals surface area contributed by atoms with Gasteiger partial charge in [-0.2, -0.15) is 0 Å². The molecule has 0 fully saturated rings. The SMILES string of the molecule is Cc1ccc(NC(=O)c2ccccc2NC(=O)Cc2ccc(N)cc2)cc1C. The molecule has 5 nitrogen and oxygen atoms in total. The van der Waals surface area contributed by atoms with Crippen LogP contribution in [0.15, 0.2) is 66.7 Å². The Balaban J connectivity index is 1.72. The van der Waals surface area contributed by atoms with Crippen LogP contribution < -0.4 is 16.4 Å². The summed E-state index contributed by atoms with van der Waals surface area (Å²) in [6, 6.07) is 19.9. The summed E-state index contributed by atoms with van der Waals surface area (Å²) in [4.78, 5) is 25.1. The number of nitrogens with two attached hydrogens (primary N) is 1. The molecule has 0 saturated heterocycles. The van der Waals surface area contributed by atoms with Gasteiger partial charge in [0.25, 0.3) is 5.91 Å². The lowest BCUT2D eigenvalue weighted by molar-refractivity contribution is -0.115. The maximum absolute atomic E-state index is 12.7. The lowest BCUT2D eigenvalue weighted by Crippen LogP contribution is -2.19. The predicted molar refractivity (Wildman–Crippen MR) is 113 cm³/mol. The van der Waals surface area contributed by atoms with E-state index in [4.69, 9.17) is 5.73 Å². The zero-order valence-electron chi connectivity index (χ0n) is 16.0. The molecule has 0 heterocycles. The van der Waals surface area contributed by atoms with Gasteiger partial charge in [-0.05, 0) is 66.9 Å². The molecular weight excluding hydrogens is 350 g/mol. The van der Waals surface area contributed by atoms with Crippen LogP contribution in [0.5, 0.6) is 0 Å². The molecule has 0 aromatic heterocycles. The highest BCUT2D eigenvalue weighted by Crippen LogP contribution is 2.20. The molecule has 0 atom stereocenters. The Morgan fingerprint density at radius 3 is 2.29 bits per heavy atom. The summed E-state index contributed by atoms with van der Waals surface area (Å²) in [5.74, 6) is -0.470. The summed E-state index contributed by atoms with van der Waals surface area (Å²) >= 11 is 0. The Morgan fingerprint density at radius 2 is 1.57 bits per heavy atom. The van der Waals surface area contributed by atoms with Crippen LogP contribution in [0, 0.1) is 13.8 Å². The first kappa shape index (κ1) is 19.2. The van der Waals surface area contributed by atoms with E-state index in [0.717, 1.165) is 22.4 Å². The lowest BCUT2D eigenvalue weighted by Gasteiger charge is -2.12. The van der Waals surface area contributed by atoms with Gasteiger partial charge in [0.05, 0.1) is 17.7 Å². The van der Waals surface area contributed by atoms with Gasteiger partial charge in [-0.3, -0.25) is 9.59 Å². The average molecular weight is 373 g/mol. The predicted octanol–water partition coefficient (Wildman–Crippen LogP) is 4.32. The molecule has 3 aromatic carbocycles. The van der Waals surface area contributed by atoms with Crippen molar-refractivity contribution in [1.29, 1.82) is 0 Å². The fourth-order valence-electron chi connectivity index (χ4n) is 2.82. The lowest BCUT2D eigenvalue weighted by atomic mass is 10.1. The van der Waals surface area contributed by atoms with Gasteiger partial charge < -0.3 is 16.4 Å². The number of nitrogen functional groups attached to an aromatic ring is 1. The van der Waals surface area contributed by atoms with E-state index < -0.39 is 0 Å². The number of carbonyl (C=O) groups is 2. The van der Waals surface area contributed by atoms with Crippen molar-refractivity contribution in [1.82, 2.24) is 0 Å². The maximum atomic E-state index is 12.7. The van der Waals surface area contributed by atoms with Gasteiger partial charge in [-0.15, -0.1) is 0 Å². The largest absolute Gasteiger partial charge is 0.399 e. The molecular formula is C23H23N3O2. The van der Waals surface area contributed by atoms with Crippen LogP contribution in [-0.2, 0) is 11.2 Å². The minimum absolute atomic E-state index is 0.198. The number of nitrogens with one attached hydrogen (secondary N) is 2. The van der Waals surface area contributed by atoms with Crippen LogP contribution in [0.4, 0.5) is 17.1 Å². The highest BCUT2D eigenvalue weighted by Gasteiger charge is 2.14. The van der Waals surface area contributed by atoms with Crippen molar-refractivity contribution in [3.8, 4) is 0 Å². The third-order valence-electron chi connectivity index (χ3n) is 4.55. The maximum Gasteiger partial charge on any atom is 0.257 e. The van der Waals surface area contributed by atoms with Crippen molar-refractivity contribution in [2.75, 3.05) is 16.4 Å². The summed E-state index contributed by atoms with van der Waals surface area (Å²) in [5.41, 5.74) is 11.0. The molecule has 142 valence electrons. The summed E-state index contributed by atoms with van der Waals surface area (Å²) in [7, 11) is 0. The number of carbonyl (C=O) groups excluding carboxylic acids is 2. The molecule has 0 saturated carbocycles. The van der Waals surface area contributed by atoms with Gasteiger partial charge in [-0.25, -0.2) is 0 Å². The molecule has 0 bridgehead atoms. The third-order valence-corrected chi connectivity index (χ3v) is 4.55. The monoisotopic (exact) mass is 373 g/mol. The van der Waals surface area contributed by atoms with Gasteiger partial charge in [0, 0.05) is 11.4 Å². The van der Waals surface area contributed by atoms with Gasteiger partial charge in [0.2, 0.25) is 5.91 Å². The average Bonchev–Trinajstić information content (AvgIpc) is 2.67. The molecule has 0 aliphatic carbocycles. The molecule has 28 heavy (non-hydrogen) atoms. The quantitative estimate of drug-likeness (QED) is 0.582. The van der Waals surface area contributed by atoms with Gasteiger partial charge >= 0.3 is 0 Å². The van der Waals surface area contributed by atoms with Crippen LogP contribution in [0.25, 0.3) is 0 Å². The number of rotatable bonds is 5. The van der Waals surface area contributed by atoms with Crippen molar-refractivity contribution in [3.63, 3.8) is 0 Å². The molecule has 0 spiro atoms.